The van der Waals surface area contributed by atoms with Gasteiger partial charge in [0.25, 0.3) is 0 Å². The number of esters is 1. The van der Waals surface area contributed by atoms with E-state index in [9.17, 15) is 4.79 Å². The Kier molecular flexibility index (Phi) is 5.89. The van der Waals surface area contributed by atoms with E-state index < -0.39 is 12.1 Å². The van der Waals surface area contributed by atoms with Crippen molar-refractivity contribution in [2.24, 2.45) is 0 Å². The lowest BCUT2D eigenvalue weighted by Gasteiger charge is -2.18. The lowest BCUT2D eigenvalue weighted by Crippen LogP contribution is -2.22. The molecule has 0 bridgehead atoms. The van der Waals surface area contributed by atoms with E-state index in [-0.39, 0.29) is 6.61 Å². The Balaban J connectivity index is 1.70. The Morgan fingerprint density at radius 2 is 1.58 bits per heavy atom. The van der Waals surface area contributed by atoms with Gasteiger partial charge in [0.05, 0.1) is 0 Å². The first-order valence-corrected chi connectivity index (χ1v) is 10.2. The number of ether oxygens (including phenoxy) is 3. The maximum atomic E-state index is 11.8. The van der Waals surface area contributed by atoms with Crippen molar-refractivity contribution in [3.63, 3.8) is 0 Å². The average molecular weight is 412 g/mol. The fourth-order valence-electron chi connectivity index (χ4n) is 3.36. The molecule has 4 aromatic rings. The highest BCUT2D eigenvalue weighted by Crippen LogP contribution is 2.37. The second kappa shape index (κ2) is 8.92. The van der Waals surface area contributed by atoms with E-state index in [4.69, 9.17) is 14.2 Å². The molecule has 4 heteroatoms. The second-order valence-corrected chi connectivity index (χ2v) is 7.53. The lowest BCUT2D eigenvalue weighted by atomic mass is 10.0. The van der Waals surface area contributed by atoms with E-state index in [1.54, 1.807) is 13.8 Å². The average Bonchev–Trinajstić information content (AvgIpc) is 2.77. The minimum Gasteiger partial charge on any atom is -0.488 e. The molecule has 156 valence electrons. The number of hydrogen-bond acceptors (Lipinski definition) is 4. The molecule has 0 saturated carbocycles. The van der Waals surface area contributed by atoms with Crippen molar-refractivity contribution in [1.29, 1.82) is 0 Å². The highest BCUT2D eigenvalue weighted by Gasteiger charge is 2.15. The van der Waals surface area contributed by atoms with Gasteiger partial charge >= 0.3 is 5.97 Å². The molecule has 4 nitrogen and oxygen atoms in total. The topological polar surface area (TPSA) is 44.8 Å². The highest BCUT2D eigenvalue weighted by atomic mass is 16.6. The standard InChI is InChI=1S/C27H24O4/c1-18(2)27(28)30-19(3)17-29-26-24-12-8-7-9-20(24)15-21-13-14-23(16-25(21)26)31-22-10-5-4-6-11-22/h4-16,19H,1,17H2,2-3H3. The molecule has 0 aliphatic heterocycles. The van der Waals surface area contributed by atoms with Crippen LogP contribution in [0.3, 0.4) is 0 Å². The maximum Gasteiger partial charge on any atom is 0.333 e. The molecule has 4 aromatic carbocycles. The summed E-state index contributed by atoms with van der Waals surface area (Å²) in [7, 11) is 0. The number of fused-ring (bicyclic) bond motifs is 2. The summed E-state index contributed by atoms with van der Waals surface area (Å²) in [5, 5.41) is 4.05. The van der Waals surface area contributed by atoms with Gasteiger partial charge in [0, 0.05) is 16.3 Å². The SMILES string of the molecule is C=C(C)C(=O)OC(C)COc1c2ccccc2cc2ccc(Oc3ccccc3)cc12. The van der Waals surface area contributed by atoms with Crippen LogP contribution in [-0.2, 0) is 9.53 Å². The van der Waals surface area contributed by atoms with Gasteiger partial charge in [-0.05, 0) is 55.0 Å². The van der Waals surface area contributed by atoms with E-state index in [0.717, 1.165) is 38.8 Å². The predicted molar refractivity (Wildman–Crippen MR) is 124 cm³/mol. The minimum absolute atomic E-state index is 0.228. The van der Waals surface area contributed by atoms with Gasteiger partial charge in [-0.1, -0.05) is 55.1 Å². The summed E-state index contributed by atoms with van der Waals surface area (Å²) in [6, 6.07) is 25.8. The van der Waals surface area contributed by atoms with Crippen LogP contribution >= 0.6 is 0 Å². The van der Waals surface area contributed by atoms with Gasteiger partial charge in [-0.25, -0.2) is 4.79 Å². The minimum atomic E-state index is -0.419. The predicted octanol–water partition coefficient (Wildman–Crippen LogP) is 6.67. The molecule has 31 heavy (non-hydrogen) atoms. The Labute approximate surface area is 181 Å². The van der Waals surface area contributed by atoms with Gasteiger partial charge in [-0.3, -0.25) is 0 Å². The Morgan fingerprint density at radius 1 is 0.871 bits per heavy atom. The summed E-state index contributed by atoms with van der Waals surface area (Å²) in [5.74, 6) is 1.81. The lowest BCUT2D eigenvalue weighted by molar-refractivity contribution is -0.144. The van der Waals surface area contributed by atoms with Crippen molar-refractivity contribution < 1.29 is 19.0 Å². The number of hydrogen-bond donors (Lipinski definition) is 0. The van der Waals surface area contributed by atoms with Gasteiger partial charge in [0.15, 0.2) is 0 Å². The molecule has 0 heterocycles. The van der Waals surface area contributed by atoms with Crippen molar-refractivity contribution in [2.75, 3.05) is 6.61 Å². The molecule has 0 radical (unpaired) electrons. The number of para-hydroxylation sites is 1. The number of benzene rings is 4. The van der Waals surface area contributed by atoms with Crippen LogP contribution in [-0.4, -0.2) is 18.7 Å². The van der Waals surface area contributed by atoms with Gasteiger partial charge in [-0.2, -0.15) is 0 Å². The van der Waals surface area contributed by atoms with Crippen LogP contribution in [0.5, 0.6) is 17.2 Å². The molecule has 1 unspecified atom stereocenters. The highest BCUT2D eigenvalue weighted by molar-refractivity contribution is 6.05. The number of carbonyl (C=O) groups excluding carboxylic acids is 1. The van der Waals surface area contributed by atoms with Crippen LogP contribution in [0.2, 0.25) is 0 Å². The molecule has 1 atom stereocenters. The first-order valence-electron chi connectivity index (χ1n) is 10.2. The molecular formula is C27H24O4. The molecule has 0 N–H and O–H groups in total. The van der Waals surface area contributed by atoms with Gasteiger partial charge in [0.1, 0.15) is 30.0 Å². The van der Waals surface area contributed by atoms with Crippen LogP contribution in [0.1, 0.15) is 13.8 Å². The van der Waals surface area contributed by atoms with E-state index in [1.807, 2.05) is 66.7 Å². The van der Waals surface area contributed by atoms with Crippen molar-refractivity contribution in [2.45, 2.75) is 20.0 Å². The smallest absolute Gasteiger partial charge is 0.333 e. The van der Waals surface area contributed by atoms with Crippen LogP contribution in [0.25, 0.3) is 21.5 Å². The molecule has 0 saturated heterocycles. The zero-order valence-corrected chi connectivity index (χ0v) is 17.6. The fraction of sp³-hybridized carbons (Fsp3) is 0.148. The number of rotatable bonds is 7. The maximum absolute atomic E-state index is 11.8. The largest absolute Gasteiger partial charge is 0.488 e. The van der Waals surface area contributed by atoms with Gasteiger partial charge in [0.2, 0.25) is 0 Å². The molecule has 0 fully saturated rings. The van der Waals surface area contributed by atoms with Gasteiger partial charge in [-0.15, -0.1) is 0 Å². The molecule has 0 amide bonds. The van der Waals surface area contributed by atoms with Crippen molar-refractivity contribution in [3.05, 3.63) is 91.0 Å². The summed E-state index contributed by atoms with van der Waals surface area (Å²) in [6.07, 6.45) is -0.415. The zero-order valence-electron chi connectivity index (χ0n) is 17.6. The first kappa shape index (κ1) is 20.5. The normalized spacial score (nSPS) is 11.8. The molecule has 0 spiro atoms. The third-order valence-electron chi connectivity index (χ3n) is 4.88. The summed E-state index contributed by atoms with van der Waals surface area (Å²) < 4.78 is 17.6. The van der Waals surface area contributed by atoms with Gasteiger partial charge < -0.3 is 14.2 Å². The molecule has 4 rings (SSSR count). The van der Waals surface area contributed by atoms with Crippen LogP contribution in [0.4, 0.5) is 0 Å². The first-order chi connectivity index (χ1) is 15.0. The Bertz CT molecular complexity index is 1240. The molecular weight excluding hydrogens is 388 g/mol. The summed E-state index contributed by atoms with van der Waals surface area (Å²) in [4.78, 5) is 11.8. The molecule has 0 aliphatic rings. The van der Waals surface area contributed by atoms with Crippen molar-refractivity contribution in [3.8, 4) is 17.2 Å². The quantitative estimate of drug-likeness (QED) is 0.193. The second-order valence-electron chi connectivity index (χ2n) is 7.53. The molecule has 0 aliphatic carbocycles. The Morgan fingerprint density at radius 3 is 2.35 bits per heavy atom. The zero-order chi connectivity index (χ0) is 21.8. The monoisotopic (exact) mass is 412 g/mol. The fourth-order valence-corrected chi connectivity index (χ4v) is 3.36. The van der Waals surface area contributed by atoms with E-state index >= 15 is 0 Å². The number of carbonyl (C=O) groups is 1. The van der Waals surface area contributed by atoms with Crippen molar-refractivity contribution >= 4 is 27.5 Å². The van der Waals surface area contributed by atoms with Crippen molar-refractivity contribution in [1.82, 2.24) is 0 Å². The summed E-state index contributed by atoms with van der Waals surface area (Å²) in [6.45, 7) is 7.28. The van der Waals surface area contributed by atoms with Crippen LogP contribution in [0, 0.1) is 0 Å². The third kappa shape index (κ3) is 4.69. The van der Waals surface area contributed by atoms with E-state index in [1.165, 1.54) is 0 Å². The van der Waals surface area contributed by atoms with Crippen LogP contribution in [0.15, 0.2) is 91.0 Å². The van der Waals surface area contributed by atoms with Crippen LogP contribution < -0.4 is 9.47 Å². The Hall–Kier alpha value is -3.79. The summed E-state index contributed by atoms with van der Waals surface area (Å²) in [5.41, 5.74) is 0.366. The van der Waals surface area contributed by atoms with E-state index in [2.05, 4.69) is 18.7 Å². The molecule has 0 aromatic heterocycles. The van der Waals surface area contributed by atoms with E-state index in [0.29, 0.717) is 5.57 Å². The third-order valence-corrected chi connectivity index (χ3v) is 4.88. The summed E-state index contributed by atoms with van der Waals surface area (Å²) >= 11 is 0.